The van der Waals surface area contributed by atoms with Crippen LogP contribution in [0.25, 0.3) is 5.65 Å². The first-order valence-corrected chi connectivity index (χ1v) is 5.38. The van der Waals surface area contributed by atoms with Gasteiger partial charge in [-0.1, -0.05) is 0 Å². The first-order valence-electron chi connectivity index (χ1n) is 5.38. The molecule has 1 atom stereocenters. The molecule has 1 unspecified atom stereocenters. The number of hydrogen-bond acceptors (Lipinski definition) is 4. The molecule has 0 radical (unpaired) electrons. The van der Waals surface area contributed by atoms with Gasteiger partial charge in [0.15, 0.2) is 5.65 Å². The molecule has 1 aliphatic rings. The van der Waals surface area contributed by atoms with E-state index >= 15 is 0 Å². The number of carbonyl (C=O) groups excluding carboxylic acids is 1. The molecule has 0 aliphatic carbocycles. The van der Waals surface area contributed by atoms with Crippen molar-refractivity contribution >= 4 is 11.4 Å². The number of rotatable bonds is 1. The van der Waals surface area contributed by atoms with Gasteiger partial charge in [0.25, 0.3) is 0 Å². The van der Waals surface area contributed by atoms with E-state index in [2.05, 4.69) is 15.4 Å². The SMILES string of the molecule is O=C1CCNCC1c1cnc2cccnn12. The average molecular weight is 216 g/mol. The molecule has 82 valence electrons. The molecule has 5 nitrogen and oxygen atoms in total. The van der Waals surface area contributed by atoms with Gasteiger partial charge in [0.1, 0.15) is 5.78 Å². The Hall–Kier alpha value is -1.75. The number of ketones is 1. The first-order chi connectivity index (χ1) is 7.86. The van der Waals surface area contributed by atoms with Crippen LogP contribution in [0.3, 0.4) is 0 Å². The summed E-state index contributed by atoms with van der Waals surface area (Å²) in [4.78, 5) is 16.1. The summed E-state index contributed by atoms with van der Waals surface area (Å²) in [7, 11) is 0. The van der Waals surface area contributed by atoms with E-state index in [1.165, 1.54) is 0 Å². The molecule has 5 heteroatoms. The van der Waals surface area contributed by atoms with Crippen LogP contribution < -0.4 is 5.32 Å². The minimum atomic E-state index is -0.112. The Bertz CT molecular complexity index is 534. The van der Waals surface area contributed by atoms with Crippen LogP contribution in [0.5, 0.6) is 0 Å². The summed E-state index contributed by atoms with van der Waals surface area (Å²) in [5.41, 5.74) is 1.67. The van der Waals surface area contributed by atoms with Crippen LogP contribution in [0.4, 0.5) is 0 Å². The number of nitrogens with one attached hydrogen (secondary N) is 1. The number of nitrogens with zero attached hydrogens (tertiary/aromatic N) is 3. The Labute approximate surface area is 92.5 Å². The third-order valence-corrected chi connectivity index (χ3v) is 2.95. The summed E-state index contributed by atoms with van der Waals surface area (Å²) in [6.07, 6.45) is 4.04. The Kier molecular flexibility index (Phi) is 2.18. The van der Waals surface area contributed by atoms with E-state index in [1.54, 1.807) is 16.9 Å². The number of aromatic nitrogens is 3. The molecular formula is C11H12N4O. The lowest BCUT2D eigenvalue weighted by molar-refractivity contribution is -0.121. The van der Waals surface area contributed by atoms with E-state index in [1.807, 2.05) is 12.1 Å². The van der Waals surface area contributed by atoms with Crippen LogP contribution in [0.15, 0.2) is 24.5 Å². The molecule has 1 saturated heterocycles. The van der Waals surface area contributed by atoms with Gasteiger partial charge in [-0.3, -0.25) is 4.79 Å². The molecule has 1 fully saturated rings. The van der Waals surface area contributed by atoms with Crippen molar-refractivity contribution in [3.8, 4) is 0 Å². The average Bonchev–Trinajstić information content (AvgIpc) is 2.74. The molecule has 0 aromatic carbocycles. The van der Waals surface area contributed by atoms with Crippen molar-refractivity contribution in [3.05, 3.63) is 30.2 Å². The molecule has 0 saturated carbocycles. The largest absolute Gasteiger partial charge is 0.315 e. The molecule has 3 heterocycles. The first kappa shape index (κ1) is 9.47. The highest BCUT2D eigenvalue weighted by Crippen LogP contribution is 2.20. The lowest BCUT2D eigenvalue weighted by Crippen LogP contribution is -2.36. The van der Waals surface area contributed by atoms with Crippen molar-refractivity contribution < 1.29 is 4.79 Å². The minimum absolute atomic E-state index is 0.112. The van der Waals surface area contributed by atoms with Gasteiger partial charge in [-0.05, 0) is 12.1 Å². The quantitative estimate of drug-likeness (QED) is 0.748. The minimum Gasteiger partial charge on any atom is -0.315 e. The molecule has 0 bridgehead atoms. The maximum Gasteiger partial charge on any atom is 0.153 e. The van der Waals surface area contributed by atoms with Crippen LogP contribution in [0, 0.1) is 0 Å². The lowest BCUT2D eigenvalue weighted by atomic mass is 9.95. The van der Waals surface area contributed by atoms with Crippen molar-refractivity contribution in [2.75, 3.05) is 13.1 Å². The second kappa shape index (κ2) is 3.68. The second-order valence-corrected chi connectivity index (χ2v) is 3.95. The van der Waals surface area contributed by atoms with Gasteiger partial charge in [-0.15, -0.1) is 0 Å². The molecular weight excluding hydrogens is 204 g/mol. The zero-order chi connectivity index (χ0) is 11.0. The highest BCUT2D eigenvalue weighted by atomic mass is 16.1. The fourth-order valence-corrected chi connectivity index (χ4v) is 2.10. The normalized spacial score (nSPS) is 21.5. The Balaban J connectivity index is 2.08. The third kappa shape index (κ3) is 1.40. The van der Waals surface area contributed by atoms with Gasteiger partial charge >= 0.3 is 0 Å². The summed E-state index contributed by atoms with van der Waals surface area (Å²) in [6.45, 7) is 1.46. The number of fused-ring (bicyclic) bond motifs is 1. The van der Waals surface area contributed by atoms with Crippen molar-refractivity contribution in [1.29, 1.82) is 0 Å². The number of Topliss-reactive ketones (excluding diaryl/α,β-unsaturated/α-hetero) is 1. The van der Waals surface area contributed by atoms with E-state index in [9.17, 15) is 4.79 Å². The Morgan fingerprint density at radius 3 is 3.31 bits per heavy atom. The summed E-state index contributed by atoms with van der Waals surface area (Å²) >= 11 is 0. The Morgan fingerprint density at radius 1 is 1.50 bits per heavy atom. The zero-order valence-electron chi connectivity index (χ0n) is 8.76. The predicted molar refractivity (Wildman–Crippen MR) is 58.2 cm³/mol. The molecule has 1 N–H and O–H groups in total. The molecule has 16 heavy (non-hydrogen) atoms. The standard InChI is InChI=1S/C11H12N4O/c16-10-3-5-12-6-8(10)9-7-13-11-2-1-4-14-15(9)11/h1-2,4,7-8,12H,3,5-6H2. The van der Waals surface area contributed by atoms with E-state index < -0.39 is 0 Å². The molecule has 2 aromatic rings. The topological polar surface area (TPSA) is 59.3 Å². The van der Waals surface area contributed by atoms with Crippen LogP contribution in [0.2, 0.25) is 0 Å². The number of piperidine rings is 1. The Morgan fingerprint density at radius 2 is 2.44 bits per heavy atom. The summed E-state index contributed by atoms with van der Waals surface area (Å²) in [5, 5.41) is 7.45. The smallest absolute Gasteiger partial charge is 0.153 e. The van der Waals surface area contributed by atoms with Gasteiger partial charge in [0.05, 0.1) is 17.8 Å². The monoisotopic (exact) mass is 216 g/mol. The van der Waals surface area contributed by atoms with E-state index in [0.717, 1.165) is 17.9 Å². The van der Waals surface area contributed by atoms with Gasteiger partial charge in [0.2, 0.25) is 0 Å². The maximum atomic E-state index is 11.8. The van der Waals surface area contributed by atoms with Crippen molar-refractivity contribution in [2.24, 2.45) is 0 Å². The van der Waals surface area contributed by atoms with Crippen LogP contribution in [-0.2, 0) is 4.79 Å². The highest BCUT2D eigenvalue weighted by Gasteiger charge is 2.26. The lowest BCUT2D eigenvalue weighted by Gasteiger charge is -2.20. The molecule has 1 aliphatic heterocycles. The van der Waals surface area contributed by atoms with Crippen LogP contribution >= 0.6 is 0 Å². The molecule has 2 aromatic heterocycles. The van der Waals surface area contributed by atoms with E-state index in [-0.39, 0.29) is 11.7 Å². The summed E-state index contributed by atoms with van der Waals surface area (Å²) in [5.74, 6) is 0.157. The van der Waals surface area contributed by atoms with Crippen LogP contribution in [-0.4, -0.2) is 33.5 Å². The van der Waals surface area contributed by atoms with Gasteiger partial charge in [-0.25, -0.2) is 9.50 Å². The third-order valence-electron chi connectivity index (χ3n) is 2.95. The number of carbonyl (C=O) groups is 1. The highest BCUT2D eigenvalue weighted by molar-refractivity contribution is 5.86. The van der Waals surface area contributed by atoms with Gasteiger partial charge in [0, 0.05) is 25.7 Å². The predicted octanol–water partition coefficient (Wildman–Crippen LogP) is 0.375. The molecule has 3 rings (SSSR count). The fraction of sp³-hybridized carbons (Fsp3) is 0.364. The zero-order valence-corrected chi connectivity index (χ0v) is 8.76. The second-order valence-electron chi connectivity index (χ2n) is 3.95. The summed E-state index contributed by atoms with van der Waals surface area (Å²) < 4.78 is 1.75. The maximum absolute atomic E-state index is 11.8. The fourth-order valence-electron chi connectivity index (χ4n) is 2.10. The van der Waals surface area contributed by atoms with E-state index in [0.29, 0.717) is 13.0 Å². The van der Waals surface area contributed by atoms with Crippen molar-refractivity contribution in [1.82, 2.24) is 19.9 Å². The number of hydrogen-bond donors (Lipinski definition) is 1. The van der Waals surface area contributed by atoms with Gasteiger partial charge in [-0.2, -0.15) is 5.10 Å². The van der Waals surface area contributed by atoms with Crippen molar-refractivity contribution in [3.63, 3.8) is 0 Å². The molecule has 0 spiro atoms. The summed E-state index contributed by atoms with van der Waals surface area (Å²) in [6, 6.07) is 3.73. The van der Waals surface area contributed by atoms with E-state index in [4.69, 9.17) is 0 Å². The van der Waals surface area contributed by atoms with Gasteiger partial charge < -0.3 is 5.32 Å². The molecule has 0 amide bonds. The number of imidazole rings is 1. The van der Waals surface area contributed by atoms with Crippen LogP contribution in [0.1, 0.15) is 18.0 Å². The van der Waals surface area contributed by atoms with Crippen molar-refractivity contribution in [2.45, 2.75) is 12.3 Å².